The molecule has 0 unspecified atom stereocenters. The third-order valence-corrected chi connectivity index (χ3v) is 4.27. The van der Waals surface area contributed by atoms with E-state index >= 15 is 0 Å². The van der Waals surface area contributed by atoms with Gasteiger partial charge in [-0.05, 0) is 36.6 Å². The van der Waals surface area contributed by atoms with Crippen molar-refractivity contribution < 1.29 is 19.5 Å². The van der Waals surface area contributed by atoms with Crippen LogP contribution >= 0.6 is 0 Å². The van der Waals surface area contributed by atoms with Crippen molar-refractivity contribution in [2.45, 2.75) is 18.3 Å². The summed E-state index contributed by atoms with van der Waals surface area (Å²) in [5.41, 5.74) is 0.908. The van der Waals surface area contributed by atoms with Gasteiger partial charge in [0.05, 0.1) is 11.0 Å². The maximum absolute atomic E-state index is 12.3. The topological polar surface area (TPSA) is 86.7 Å². The number of hydrogen-bond donors (Lipinski definition) is 2. The molecule has 0 atom stereocenters. The van der Waals surface area contributed by atoms with Crippen molar-refractivity contribution in [3.8, 4) is 0 Å². The van der Waals surface area contributed by atoms with Crippen molar-refractivity contribution in [1.82, 2.24) is 4.90 Å². The molecule has 104 valence electrons. The van der Waals surface area contributed by atoms with Crippen LogP contribution in [0.4, 0.5) is 5.69 Å². The number of carboxylic acids is 1. The summed E-state index contributed by atoms with van der Waals surface area (Å²) < 4.78 is 0. The van der Waals surface area contributed by atoms with Crippen molar-refractivity contribution in [1.29, 1.82) is 0 Å². The van der Waals surface area contributed by atoms with E-state index in [2.05, 4.69) is 5.32 Å². The number of rotatable bonds is 2. The van der Waals surface area contributed by atoms with Crippen LogP contribution in [0.3, 0.4) is 0 Å². The summed E-state index contributed by atoms with van der Waals surface area (Å²) in [5.74, 6) is -1.10. The number of amides is 2. The van der Waals surface area contributed by atoms with E-state index in [1.165, 1.54) is 6.07 Å². The standard InChI is InChI=1S/C14H14N2O4/c17-8-16-5-3-14(4-6-16)10-7-9(12(18)19)1-2-11(10)15-13(14)20/h1-2,7-8H,3-6H2,(H,15,20)(H,18,19). The van der Waals surface area contributed by atoms with Gasteiger partial charge in [0.2, 0.25) is 12.3 Å². The van der Waals surface area contributed by atoms with Gasteiger partial charge in [-0.2, -0.15) is 0 Å². The number of nitrogens with one attached hydrogen (secondary N) is 1. The molecule has 6 nitrogen and oxygen atoms in total. The van der Waals surface area contributed by atoms with Gasteiger partial charge in [-0.1, -0.05) is 0 Å². The van der Waals surface area contributed by atoms with Crippen LogP contribution in [0, 0.1) is 0 Å². The number of nitrogens with zero attached hydrogens (tertiary/aromatic N) is 1. The third-order valence-electron chi connectivity index (χ3n) is 4.27. The predicted molar refractivity (Wildman–Crippen MR) is 70.6 cm³/mol. The lowest BCUT2D eigenvalue weighted by Crippen LogP contribution is -2.46. The maximum atomic E-state index is 12.3. The van der Waals surface area contributed by atoms with Gasteiger partial charge in [0.1, 0.15) is 0 Å². The van der Waals surface area contributed by atoms with E-state index in [-0.39, 0.29) is 11.5 Å². The summed E-state index contributed by atoms with van der Waals surface area (Å²) in [7, 11) is 0. The molecule has 2 N–H and O–H groups in total. The summed E-state index contributed by atoms with van der Waals surface area (Å²) in [5, 5.41) is 11.9. The fourth-order valence-electron chi connectivity index (χ4n) is 3.05. The van der Waals surface area contributed by atoms with E-state index in [0.717, 1.165) is 12.0 Å². The first-order chi connectivity index (χ1) is 9.56. The van der Waals surface area contributed by atoms with Gasteiger partial charge in [-0.25, -0.2) is 4.79 Å². The first-order valence-electron chi connectivity index (χ1n) is 6.45. The van der Waals surface area contributed by atoms with Gasteiger partial charge >= 0.3 is 5.97 Å². The molecule has 1 aromatic carbocycles. The van der Waals surface area contributed by atoms with Crippen LogP contribution in [0.1, 0.15) is 28.8 Å². The van der Waals surface area contributed by atoms with Crippen LogP contribution in [0.15, 0.2) is 18.2 Å². The monoisotopic (exact) mass is 274 g/mol. The summed E-state index contributed by atoms with van der Waals surface area (Å²) in [6, 6.07) is 4.70. The Morgan fingerprint density at radius 1 is 1.35 bits per heavy atom. The average molecular weight is 274 g/mol. The van der Waals surface area contributed by atoms with Crippen LogP contribution < -0.4 is 5.32 Å². The van der Waals surface area contributed by atoms with Crippen molar-refractivity contribution in [3.63, 3.8) is 0 Å². The minimum absolute atomic E-state index is 0.0967. The molecule has 2 amide bonds. The number of benzene rings is 1. The summed E-state index contributed by atoms with van der Waals surface area (Å²) >= 11 is 0. The number of carboxylic acid groups (broad SMARTS) is 1. The Morgan fingerprint density at radius 3 is 2.65 bits per heavy atom. The van der Waals surface area contributed by atoms with E-state index < -0.39 is 11.4 Å². The lowest BCUT2D eigenvalue weighted by Gasteiger charge is -2.36. The first kappa shape index (κ1) is 12.7. The number of hydrogen-bond acceptors (Lipinski definition) is 3. The average Bonchev–Trinajstić information content (AvgIpc) is 2.72. The van der Waals surface area contributed by atoms with Crippen molar-refractivity contribution in [2.75, 3.05) is 18.4 Å². The molecule has 1 saturated heterocycles. The van der Waals surface area contributed by atoms with E-state index in [0.29, 0.717) is 31.6 Å². The molecule has 3 rings (SSSR count). The molecular formula is C14H14N2O4. The molecule has 0 aromatic heterocycles. The van der Waals surface area contributed by atoms with E-state index in [1.54, 1.807) is 17.0 Å². The molecule has 20 heavy (non-hydrogen) atoms. The van der Waals surface area contributed by atoms with Gasteiger partial charge in [-0.3, -0.25) is 9.59 Å². The minimum atomic E-state index is -1.01. The Labute approximate surface area is 115 Å². The molecule has 1 aromatic rings. The zero-order chi connectivity index (χ0) is 14.3. The molecule has 2 heterocycles. The van der Waals surface area contributed by atoms with Gasteiger partial charge in [0.25, 0.3) is 0 Å². The summed E-state index contributed by atoms with van der Waals surface area (Å²) in [6.45, 7) is 1.02. The molecule has 0 saturated carbocycles. The molecule has 2 aliphatic heterocycles. The molecular weight excluding hydrogens is 260 g/mol. The zero-order valence-electron chi connectivity index (χ0n) is 10.8. The highest BCUT2D eigenvalue weighted by Gasteiger charge is 2.48. The van der Waals surface area contributed by atoms with Crippen LogP contribution in [0.5, 0.6) is 0 Å². The van der Waals surface area contributed by atoms with Gasteiger partial charge < -0.3 is 15.3 Å². The van der Waals surface area contributed by atoms with Crippen molar-refractivity contribution in [3.05, 3.63) is 29.3 Å². The Balaban J connectivity index is 2.02. The third kappa shape index (κ3) is 1.68. The highest BCUT2D eigenvalue weighted by molar-refractivity contribution is 6.07. The Kier molecular flexibility index (Phi) is 2.74. The van der Waals surface area contributed by atoms with Crippen LogP contribution in [-0.2, 0) is 15.0 Å². The molecule has 0 radical (unpaired) electrons. The Hall–Kier alpha value is -2.37. The first-order valence-corrected chi connectivity index (χ1v) is 6.45. The molecule has 0 aliphatic carbocycles. The molecule has 1 spiro atoms. The largest absolute Gasteiger partial charge is 0.478 e. The lowest BCUT2D eigenvalue weighted by atomic mass is 9.73. The van der Waals surface area contributed by atoms with Crippen LogP contribution in [0.2, 0.25) is 0 Å². The molecule has 0 bridgehead atoms. The predicted octanol–water partition coefficient (Wildman–Crippen LogP) is 0.827. The fraction of sp³-hybridized carbons (Fsp3) is 0.357. The number of fused-ring (bicyclic) bond motifs is 2. The normalized spacial score (nSPS) is 19.6. The zero-order valence-corrected chi connectivity index (χ0v) is 10.8. The van der Waals surface area contributed by atoms with Crippen LogP contribution in [0.25, 0.3) is 0 Å². The highest BCUT2D eigenvalue weighted by atomic mass is 16.4. The Bertz CT molecular complexity index is 603. The number of carbonyl (C=O) groups excluding carboxylic acids is 2. The van der Waals surface area contributed by atoms with Crippen molar-refractivity contribution in [2.24, 2.45) is 0 Å². The van der Waals surface area contributed by atoms with Crippen LogP contribution in [-0.4, -0.2) is 41.4 Å². The Morgan fingerprint density at radius 2 is 2.05 bits per heavy atom. The number of carbonyl (C=O) groups is 3. The number of aromatic carboxylic acids is 1. The highest BCUT2D eigenvalue weighted by Crippen LogP contribution is 2.45. The number of piperidine rings is 1. The molecule has 2 aliphatic rings. The second kappa shape index (κ2) is 4.33. The second-order valence-corrected chi connectivity index (χ2v) is 5.24. The quantitative estimate of drug-likeness (QED) is 0.782. The minimum Gasteiger partial charge on any atom is -0.478 e. The SMILES string of the molecule is O=CN1CCC2(CC1)C(=O)Nc1ccc(C(=O)O)cc12. The second-order valence-electron chi connectivity index (χ2n) is 5.24. The van der Waals surface area contributed by atoms with E-state index in [1.807, 2.05) is 0 Å². The van der Waals surface area contributed by atoms with E-state index in [4.69, 9.17) is 5.11 Å². The van der Waals surface area contributed by atoms with Gasteiger partial charge in [0.15, 0.2) is 0 Å². The maximum Gasteiger partial charge on any atom is 0.335 e. The summed E-state index contributed by atoms with van der Waals surface area (Å²) in [4.78, 5) is 35.8. The lowest BCUT2D eigenvalue weighted by molar-refractivity contribution is -0.126. The smallest absolute Gasteiger partial charge is 0.335 e. The number of likely N-dealkylation sites (tertiary alicyclic amines) is 1. The summed E-state index contributed by atoms with van der Waals surface area (Å²) in [6.07, 6.45) is 1.83. The van der Waals surface area contributed by atoms with Crippen molar-refractivity contribution >= 4 is 24.0 Å². The number of anilines is 1. The molecule has 1 fully saturated rings. The van der Waals surface area contributed by atoms with E-state index in [9.17, 15) is 14.4 Å². The van der Waals surface area contributed by atoms with Gasteiger partial charge in [0, 0.05) is 18.8 Å². The fourth-order valence-corrected chi connectivity index (χ4v) is 3.05. The van der Waals surface area contributed by atoms with Gasteiger partial charge in [-0.15, -0.1) is 0 Å². The molecule has 6 heteroatoms.